The summed E-state index contributed by atoms with van der Waals surface area (Å²) in [5.41, 5.74) is 4.08. The molecule has 2 heterocycles. The van der Waals surface area contributed by atoms with E-state index >= 15 is 0 Å². The van der Waals surface area contributed by atoms with Gasteiger partial charge in [-0.2, -0.15) is 0 Å². The van der Waals surface area contributed by atoms with Gasteiger partial charge < -0.3 is 9.15 Å². The van der Waals surface area contributed by atoms with Crippen molar-refractivity contribution in [1.82, 2.24) is 0 Å². The Bertz CT molecular complexity index is 1470. The molecular weight excluding hydrogens is 450 g/mol. The summed E-state index contributed by atoms with van der Waals surface area (Å²) in [7, 11) is 0. The molecule has 1 aliphatic heterocycles. The van der Waals surface area contributed by atoms with Crippen molar-refractivity contribution >= 4 is 34.2 Å². The van der Waals surface area contributed by atoms with Crippen molar-refractivity contribution in [2.24, 2.45) is 0 Å². The van der Waals surface area contributed by atoms with E-state index in [9.17, 15) is 9.59 Å². The average Bonchev–Trinajstić information content (AvgIpc) is 3.13. The van der Waals surface area contributed by atoms with Crippen molar-refractivity contribution in [2.75, 3.05) is 11.5 Å². The highest BCUT2D eigenvalue weighted by Crippen LogP contribution is 2.42. The topological polar surface area (TPSA) is 59.8 Å². The summed E-state index contributed by atoms with van der Waals surface area (Å²) in [6, 6.07) is 17.6. The SMILES string of the molecule is CCCOc1ccc(C2c3c(oc4ccc(Cl)cc4c3=O)C(=O)N2c2ccc(C)c(C)c2)cc1. The molecule has 1 unspecified atom stereocenters. The van der Waals surface area contributed by atoms with E-state index in [4.69, 9.17) is 20.8 Å². The number of benzene rings is 3. The van der Waals surface area contributed by atoms with Crippen molar-refractivity contribution in [3.8, 4) is 5.75 Å². The first-order valence-electron chi connectivity index (χ1n) is 11.3. The molecule has 5 rings (SSSR count). The largest absolute Gasteiger partial charge is 0.494 e. The summed E-state index contributed by atoms with van der Waals surface area (Å²) in [5.74, 6) is 0.461. The van der Waals surface area contributed by atoms with Crippen LogP contribution in [0.1, 0.15) is 52.2 Å². The normalized spacial score (nSPS) is 15.1. The smallest absolute Gasteiger partial charge is 0.295 e. The van der Waals surface area contributed by atoms with Crippen LogP contribution in [0.25, 0.3) is 11.0 Å². The Morgan fingerprint density at radius 1 is 0.971 bits per heavy atom. The second-order valence-corrected chi connectivity index (χ2v) is 9.01. The monoisotopic (exact) mass is 473 g/mol. The number of carbonyl (C=O) groups is 1. The number of hydrogen-bond acceptors (Lipinski definition) is 4. The van der Waals surface area contributed by atoms with E-state index in [0.717, 1.165) is 28.9 Å². The number of hydrogen-bond donors (Lipinski definition) is 0. The zero-order valence-electron chi connectivity index (χ0n) is 19.2. The van der Waals surface area contributed by atoms with Crippen LogP contribution in [-0.4, -0.2) is 12.5 Å². The lowest BCUT2D eigenvalue weighted by Crippen LogP contribution is -2.29. The number of halogens is 1. The standard InChI is InChI=1S/C28H24ClNO4/c1-4-13-33-21-10-6-18(7-11-21)25-24-26(31)22-15-19(29)8-12-23(22)34-27(24)28(32)30(25)20-9-5-16(2)17(3)14-20/h5-12,14-15,25H,4,13H2,1-3H3. The third kappa shape index (κ3) is 3.66. The van der Waals surface area contributed by atoms with E-state index in [0.29, 0.717) is 33.8 Å². The van der Waals surface area contributed by atoms with Crippen LogP contribution >= 0.6 is 11.6 Å². The lowest BCUT2D eigenvalue weighted by atomic mass is 9.98. The Labute approximate surface area is 202 Å². The lowest BCUT2D eigenvalue weighted by molar-refractivity contribution is 0.0971. The fourth-order valence-electron chi connectivity index (χ4n) is 4.37. The van der Waals surface area contributed by atoms with Crippen LogP contribution in [0.15, 0.2) is 69.9 Å². The zero-order valence-corrected chi connectivity index (χ0v) is 20.0. The maximum atomic E-state index is 13.7. The first-order valence-corrected chi connectivity index (χ1v) is 11.7. The summed E-state index contributed by atoms with van der Waals surface area (Å²) in [4.78, 5) is 29.0. The molecule has 6 heteroatoms. The summed E-state index contributed by atoms with van der Waals surface area (Å²) >= 11 is 6.17. The molecule has 5 nitrogen and oxygen atoms in total. The Morgan fingerprint density at radius 2 is 1.74 bits per heavy atom. The van der Waals surface area contributed by atoms with Crippen LogP contribution in [-0.2, 0) is 0 Å². The molecule has 172 valence electrons. The summed E-state index contributed by atoms with van der Waals surface area (Å²) in [6.45, 7) is 6.69. The fourth-order valence-corrected chi connectivity index (χ4v) is 4.54. The molecule has 0 bridgehead atoms. The second kappa shape index (κ2) is 8.65. The minimum absolute atomic E-state index is 0.0642. The van der Waals surface area contributed by atoms with Gasteiger partial charge in [-0.25, -0.2) is 0 Å². The van der Waals surface area contributed by atoms with E-state index in [1.807, 2.05) is 63.2 Å². The molecule has 0 spiro atoms. The molecule has 3 aromatic carbocycles. The fraction of sp³-hybridized carbons (Fsp3) is 0.214. The molecule has 0 saturated heterocycles. The minimum Gasteiger partial charge on any atom is -0.494 e. The van der Waals surface area contributed by atoms with Gasteiger partial charge in [0, 0.05) is 10.7 Å². The molecule has 0 saturated carbocycles. The molecule has 34 heavy (non-hydrogen) atoms. The first-order chi connectivity index (χ1) is 16.4. The molecule has 4 aromatic rings. The van der Waals surface area contributed by atoms with Crippen molar-refractivity contribution in [3.63, 3.8) is 0 Å². The first kappa shape index (κ1) is 22.2. The maximum Gasteiger partial charge on any atom is 0.295 e. The van der Waals surface area contributed by atoms with Gasteiger partial charge in [0.25, 0.3) is 5.91 Å². The molecule has 1 aliphatic rings. The summed E-state index contributed by atoms with van der Waals surface area (Å²) < 4.78 is 11.7. The Kier molecular flexibility index (Phi) is 5.66. The van der Waals surface area contributed by atoms with Gasteiger partial charge in [-0.15, -0.1) is 0 Å². The number of nitrogens with zero attached hydrogens (tertiary/aromatic N) is 1. The minimum atomic E-state index is -0.635. The summed E-state index contributed by atoms with van der Waals surface area (Å²) in [6.07, 6.45) is 0.906. The maximum absolute atomic E-state index is 13.7. The Balaban J connectivity index is 1.73. The van der Waals surface area contributed by atoms with Gasteiger partial charge in [0.1, 0.15) is 11.3 Å². The van der Waals surface area contributed by atoms with Crippen LogP contribution in [0.2, 0.25) is 5.02 Å². The van der Waals surface area contributed by atoms with Crippen molar-refractivity contribution in [3.05, 3.63) is 104 Å². The van der Waals surface area contributed by atoms with Gasteiger partial charge >= 0.3 is 0 Å². The van der Waals surface area contributed by atoms with Crippen LogP contribution in [0.3, 0.4) is 0 Å². The predicted octanol–water partition coefficient (Wildman–Crippen LogP) is 6.60. The van der Waals surface area contributed by atoms with E-state index < -0.39 is 6.04 Å². The van der Waals surface area contributed by atoms with E-state index in [1.165, 1.54) is 0 Å². The van der Waals surface area contributed by atoms with Crippen LogP contribution in [0.5, 0.6) is 5.75 Å². The van der Waals surface area contributed by atoms with Crippen molar-refractivity contribution < 1.29 is 13.9 Å². The van der Waals surface area contributed by atoms with Crippen molar-refractivity contribution in [2.45, 2.75) is 33.2 Å². The Hall–Kier alpha value is -3.57. The van der Waals surface area contributed by atoms with E-state index in [2.05, 4.69) is 0 Å². The number of aryl methyl sites for hydroxylation is 2. The highest BCUT2D eigenvalue weighted by Gasteiger charge is 2.43. The molecule has 1 atom stereocenters. The molecule has 0 radical (unpaired) electrons. The van der Waals surface area contributed by atoms with Gasteiger partial charge in [-0.1, -0.05) is 36.7 Å². The third-order valence-corrected chi connectivity index (χ3v) is 6.50. The number of ether oxygens (including phenoxy) is 1. The highest BCUT2D eigenvalue weighted by atomic mass is 35.5. The van der Waals surface area contributed by atoms with Crippen LogP contribution in [0.4, 0.5) is 5.69 Å². The van der Waals surface area contributed by atoms with E-state index in [-0.39, 0.29) is 17.1 Å². The van der Waals surface area contributed by atoms with Crippen molar-refractivity contribution in [1.29, 1.82) is 0 Å². The zero-order chi connectivity index (χ0) is 24.0. The molecular formula is C28H24ClNO4. The molecule has 1 aromatic heterocycles. The number of carbonyl (C=O) groups excluding carboxylic acids is 1. The van der Waals surface area contributed by atoms with Crippen LogP contribution < -0.4 is 15.1 Å². The molecule has 0 aliphatic carbocycles. The average molecular weight is 474 g/mol. The third-order valence-electron chi connectivity index (χ3n) is 6.27. The molecule has 1 amide bonds. The number of amides is 1. The Morgan fingerprint density at radius 3 is 2.44 bits per heavy atom. The van der Waals surface area contributed by atoms with E-state index in [1.54, 1.807) is 23.1 Å². The number of anilines is 1. The van der Waals surface area contributed by atoms with Gasteiger partial charge in [0.15, 0.2) is 5.43 Å². The quantitative estimate of drug-likeness (QED) is 0.327. The van der Waals surface area contributed by atoms with Gasteiger partial charge in [-0.3, -0.25) is 14.5 Å². The number of rotatable bonds is 5. The van der Waals surface area contributed by atoms with Crippen LogP contribution in [0, 0.1) is 13.8 Å². The van der Waals surface area contributed by atoms with Gasteiger partial charge in [-0.05, 0) is 79.4 Å². The molecule has 0 fully saturated rings. The second-order valence-electron chi connectivity index (χ2n) is 8.58. The highest BCUT2D eigenvalue weighted by molar-refractivity contribution is 6.31. The lowest BCUT2D eigenvalue weighted by Gasteiger charge is -2.26. The van der Waals surface area contributed by atoms with Gasteiger partial charge in [0.05, 0.1) is 23.6 Å². The van der Waals surface area contributed by atoms with Gasteiger partial charge in [0.2, 0.25) is 5.76 Å². The predicted molar refractivity (Wildman–Crippen MR) is 134 cm³/mol. The molecule has 0 N–H and O–H groups in total. The summed E-state index contributed by atoms with van der Waals surface area (Å²) in [5, 5.41) is 0.790. The number of fused-ring (bicyclic) bond motifs is 2.